The molecule has 0 spiro atoms. The Morgan fingerprint density at radius 1 is 1.10 bits per heavy atom. The third-order valence-electron chi connectivity index (χ3n) is 2.74. The van der Waals surface area contributed by atoms with Gasteiger partial charge in [-0.2, -0.15) is 0 Å². The van der Waals surface area contributed by atoms with Crippen LogP contribution in [0.5, 0.6) is 5.75 Å². The van der Waals surface area contributed by atoms with E-state index >= 15 is 0 Å². The van der Waals surface area contributed by atoms with Crippen LogP contribution in [0.15, 0.2) is 24.3 Å². The lowest BCUT2D eigenvalue weighted by molar-refractivity contribution is -0.116. The first-order valence-electron chi connectivity index (χ1n) is 6.66. The summed E-state index contributed by atoms with van der Waals surface area (Å²) in [6, 6.07) is 6.18. The molecule has 1 aromatic rings. The molecule has 6 nitrogen and oxygen atoms in total. The van der Waals surface area contributed by atoms with Gasteiger partial charge in [0, 0.05) is 25.7 Å². The van der Waals surface area contributed by atoms with E-state index in [0.717, 1.165) is 19.3 Å². The molecule has 0 aliphatic rings. The van der Waals surface area contributed by atoms with Crippen molar-refractivity contribution in [1.82, 2.24) is 10.6 Å². The van der Waals surface area contributed by atoms with Crippen molar-refractivity contribution in [3.05, 3.63) is 24.3 Å². The van der Waals surface area contributed by atoms with Crippen LogP contribution in [0.1, 0.15) is 25.7 Å². The van der Waals surface area contributed by atoms with Crippen molar-refractivity contribution in [2.24, 2.45) is 0 Å². The summed E-state index contributed by atoms with van der Waals surface area (Å²) in [4.78, 5) is 22.5. The van der Waals surface area contributed by atoms with Gasteiger partial charge in [0.15, 0.2) is 0 Å². The van der Waals surface area contributed by atoms with Gasteiger partial charge in [-0.3, -0.25) is 4.79 Å². The molecule has 1 rings (SSSR count). The number of amides is 3. The highest BCUT2D eigenvalue weighted by Gasteiger charge is 2.02. The first-order valence-corrected chi connectivity index (χ1v) is 6.66. The Labute approximate surface area is 118 Å². The molecule has 0 radical (unpaired) electrons. The summed E-state index contributed by atoms with van der Waals surface area (Å²) in [5, 5.41) is 17.0. The number of unbranched alkanes of at least 4 members (excludes halogenated alkanes) is 2. The highest BCUT2D eigenvalue weighted by atomic mass is 16.3. The number of hydrogen-bond acceptors (Lipinski definition) is 3. The molecule has 4 N–H and O–H groups in total. The zero-order valence-electron chi connectivity index (χ0n) is 11.6. The van der Waals surface area contributed by atoms with Crippen molar-refractivity contribution in [2.75, 3.05) is 18.9 Å². The van der Waals surface area contributed by atoms with Gasteiger partial charge in [0.2, 0.25) is 5.91 Å². The van der Waals surface area contributed by atoms with Gasteiger partial charge in [0.1, 0.15) is 5.75 Å². The maximum absolute atomic E-state index is 11.6. The van der Waals surface area contributed by atoms with Crippen molar-refractivity contribution in [1.29, 1.82) is 0 Å². The quantitative estimate of drug-likeness (QED) is 0.453. The van der Waals surface area contributed by atoms with E-state index in [0.29, 0.717) is 18.7 Å². The van der Waals surface area contributed by atoms with Crippen LogP contribution in [0.3, 0.4) is 0 Å². The van der Waals surface area contributed by atoms with E-state index in [2.05, 4.69) is 16.0 Å². The Hall–Kier alpha value is -2.24. The summed E-state index contributed by atoms with van der Waals surface area (Å²) in [5.41, 5.74) is 0.675. The smallest absolute Gasteiger partial charge is 0.314 e. The van der Waals surface area contributed by atoms with Gasteiger partial charge < -0.3 is 21.1 Å². The molecule has 3 amide bonds. The van der Waals surface area contributed by atoms with E-state index in [4.69, 9.17) is 5.11 Å². The Morgan fingerprint density at radius 3 is 2.45 bits per heavy atom. The molecular formula is C14H21N3O3. The largest absolute Gasteiger partial charge is 0.508 e. The Bertz CT molecular complexity index is 432. The molecule has 0 bridgehead atoms. The number of anilines is 1. The molecule has 20 heavy (non-hydrogen) atoms. The minimum absolute atomic E-state index is 0.0463. The SMILES string of the molecule is CNC(=O)NCCCCCC(=O)Nc1ccc(O)cc1. The van der Waals surface area contributed by atoms with Crippen molar-refractivity contribution in [3.63, 3.8) is 0 Å². The predicted octanol–water partition coefficient (Wildman–Crippen LogP) is 1.82. The van der Waals surface area contributed by atoms with Gasteiger partial charge in [0.25, 0.3) is 0 Å². The molecule has 0 heterocycles. The number of phenols is 1. The zero-order valence-corrected chi connectivity index (χ0v) is 11.6. The van der Waals surface area contributed by atoms with E-state index in [1.54, 1.807) is 19.2 Å². The molecule has 6 heteroatoms. The second-order valence-electron chi connectivity index (χ2n) is 4.41. The Kier molecular flexibility index (Phi) is 6.95. The first-order chi connectivity index (χ1) is 9.61. The highest BCUT2D eigenvalue weighted by molar-refractivity contribution is 5.90. The lowest BCUT2D eigenvalue weighted by Crippen LogP contribution is -2.33. The number of carbonyl (C=O) groups is 2. The second kappa shape index (κ2) is 8.79. The van der Waals surface area contributed by atoms with Crippen LogP contribution in [-0.2, 0) is 4.79 Å². The minimum atomic E-state index is -0.185. The molecule has 0 saturated heterocycles. The van der Waals surface area contributed by atoms with Crippen LogP contribution in [0.2, 0.25) is 0 Å². The summed E-state index contributed by atoms with van der Waals surface area (Å²) in [6.45, 7) is 0.610. The van der Waals surface area contributed by atoms with Crippen LogP contribution < -0.4 is 16.0 Å². The Morgan fingerprint density at radius 2 is 1.80 bits per heavy atom. The van der Waals surface area contributed by atoms with Gasteiger partial charge in [0.05, 0.1) is 0 Å². The molecule has 0 atom stereocenters. The summed E-state index contributed by atoms with van der Waals surface area (Å²) < 4.78 is 0. The van der Waals surface area contributed by atoms with E-state index in [-0.39, 0.29) is 17.7 Å². The number of benzene rings is 1. The van der Waals surface area contributed by atoms with Gasteiger partial charge in [-0.05, 0) is 37.1 Å². The average Bonchev–Trinajstić information content (AvgIpc) is 2.44. The summed E-state index contributed by atoms with van der Waals surface area (Å²) in [5.74, 6) is 0.126. The third kappa shape index (κ3) is 6.63. The summed E-state index contributed by atoms with van der Waals surface area (Å²) in [7, 11) is 1.57. The molecule has 0 unspecified atom stereocenters. The number of carbonyl (C=O) groups excluding carboxylic acids is 2. The van der Waals surface area contributed by atoms with Crippen molar-refractivity contribution < 1.29 is 14.7 Å². The lowest BCUT2D eigenvalue weighted by Gasteiger charge is -2.06. The molecule has 0 aliphatic heterocycles. The standard InChI is InChI=1S/C14H21N3O3/c1-15-14(20)16-10-4-2-3-5-13(19)17-11-6-8-12(18)9-7-11/h6-9,18H,2-5,10H2,1H3,(H,17,19)(H2,15,16,20). The van der Waals surface area contributed by atoms with E-state index in [9.17, 15) is 9.59 Å². The zero-order chi connectivity index (χ0) is 14.8. The topological polar surface area (TPSA) is 90.5 Å². The number of hydrogen-bond donors (Lipinski definition) is 4. The molecule has 1 aromatic carbocycles. The van der Waals surface area contributed by atoms with Crippen LogP contribution in [0.25, 0.3) is 0 Å². The molecule has 0 aliphatic carbocycles. The van der Waals surface area contributed by atoms with Gasteiger partial charge in [-0.15, -0.1) is 0 Å². The average molecular weight is 279 g/mol. The van der Waals surface area contributed by atoms with Crippen molar-refractivity contribution in [3.8, 4) is 5.75 Å². The fraction of sp³-hybridized carbons (Fsp3) is 0.429. The lowest BCUT2D eigenvalue weighted by atomic mass is 10.2. The van der Waals surface area contributed by atoms with Gasteiger partial charge in [-0.1, -0.05) is 6.42 Å². The van der Waals surface area contributed by atoms with Crippen LogP contribution in [0.4, 0.5) is 10.5 Å². The number of aromatic hydroxyl groups is 1. The van der Waals surface area contributed by atoms with Crippen molar-refractivity contribution >= 4 is 17.6 Å². The molecule has 0 aromatic heterocycles. The monoisotopic (exact) mass is 279 g/mol. The molecule has 110 valence electrons. The van der Waals surface area contributed by atoms with E-state index < -0.39 is 0 Å². The first kappa shape index (κ1) is 15.8. The third-order valence-corrected chi connectivity index (χ3v) is 2.74. The fourth-order valence-corrected chi connectivity index (χ4v) is 1.65. The maximum atomic E-state index is 11.6. The van der Waals surface area contributed by atoms with Gasteiger partial charge >= 0.3 is 6.03 Å². The number of nitrogens with one attached hydrogen (secondary N) is 3. The molecule has 0 saturated carbocycles. The van der Waals surface area contributed by atoms with E-state index in [1.165, 1.54) is 12.1 Å². The number of rotatable bonds is 7. The molecular weight excluding hydrogens is 258 g/mol. The normalized spacial score (nSPS) is 9.85. The number of urea groups is 1. The van der Waals surface area contributed by atoms with E-state index in [1.807, 2.05) is 0 Å². The fourth-order valence-electron chi connectivity index (χ4n) is 1.65. The minimum Gasteiger partial charge on any atom is -0.508 e. The van der Waals surface area contributed by atoms with Crippen molar-refractivity contribution in [2.45, 2.75) is 25.7 Å². The molecule has 0 fully saturated rings. The van der Waals surface area contributed by atoms with Gasteiger partial charge in [-0.25, -0.2) is 4.79 Å². The summed E-state index contributed by atoms with van der Waals surface area (Å²) in [6.07, 6.45) is 2.95. The number of phenolic OH excluding ortho intramolecular Hbond substituents is 1. The Balaban J connectivity index is 2.08. The highest BCUT2D eigenvalue weighted by Crippen LogP contribution is 2.14. The maximum Gasteiger partial charge on any atom is 0.314 e. The van der Waals surface area contributed by atoms with Crippen LogP contribution in [0, 0.1) is 0 Å². The predicted molar refractivity (Wildman–Crippen MR) is 77.7 cm³/mol. The second-order valence-corrected chi connectivity index (χ2v) is 4.41. The summed E-state index contributed by atoms with van der Waals surface area (Å²) >= 11 is 0. The van der Waals surface area contributed by atoms with Crippen LogP contribution >= 0.6 is 0 Å². The van der Waals surface area contributed by atoms with Crippen LogP contribution in [-0.4, -0.2) is 30.6 Å².